The predicted octanol–water partition coefficient (Wildman–Crippen LogP) is 3.81. The molecule has 0 unspecified atom stereocenters. The molecule has 6 nitrogen and oxygen atoms in total. The van der Waals surface area contributed by atoms with Gasteiger partial charge in [0.05, 0.1) is 12.0 Å². The summed E-state index contributed by atoms with van der Waals surface area (Å²) in [4.78, 5) is 36.1. The molecule has 3 N–H and O–H groups in total. The maximum Gasteiger partial charge on any atom is 0.306 e. The Bertz CT molecular complexity index is 689. The maximum atomic E-state index is 12.6. The number of aliphatic carboxylic acids is 1. The number of hydrogen-bond donors (Lipinski definition) is 3. The zero-order valence-corrected chi connectivity index (χ0v) is 18.3. The Labute approximate surface area is 179 Å². The summed E-state index contributed by atoms with van der Waals surface area (Å²) >= 11 is 0. The maximum absolute atomic E-state index is 12.6. The first kappa shape index (κ1) is 23.6. The van der Waals surface area contributed by atoms with Gasteiger partial charge in [0, 0.05) is 23.8 Å². The van der Waals surface area contributed by atoms with E-state index in [1.54, 1.807) is 12.1 Å². The zero-order chi connectivity index (χ0) is 21.2. The van der Waals surface area contributed by atoms with Crippen LogP contribution in [-0.2, 0) is 20.8 Å². The lowest BCUT2D eigenvalue weighted by molar-refractivity contribution is -0.143. The first-order chi connectivity index (χ1) is 13.8. The molecule has 1 aromatic rings. The van der Waals surface area contributed by atoms with Crippen LogP contribution < -0.4 is 5.32 Å². The van der Waals surface area contributed by atoms with Crippen LogP contribution in [0, 0.1) is 5.92 Å². The Balaban J connectivity index is 1.88. The molecule has 0 aliphatic carbocycles. The van der Waals surface area contributed by atoms with Gasteiger partial charge in [0.2, 0.25) is 5.91 Å². The molecule has 1 amide bonds. The van der Waals surface area contributed by atoms with E-state index in [1.165, 1.54) is 31.2 Å². The molecule has 160 valence electrons. The fourth-order valence-corrected chi connectivity index (χ4v) is 6.16. The van der Waals surface area contributed by atoms with E-state index >= 15 is 0 Å². The number of amides is 1. The first-order valence-electron chi connectivity index (χ1n) is 9.96. The molecular formula is C21H29NO5S2. The molecule has 1 aromatic carbocycles. The Kier molecular flexibility index (Phi) is 9.87. The number of hydrogen-bond acceptors (Lipinski definition) is 6. The normalized spacial score (nSPS) is 18.2. The number of aromatic hydroxyl groups is 1. The van der Waals surface area contributed by atoms with Gasteiger partial charge in [-0.1, -0.05) is 47.1 Å². The number of benzene rings is 1. The van der Waals surface area contributed by atoms with Crippen LogP contribution in [0.2, 0.25) is 0 Å². The van der Waals surface area contributed by atoms with Crippen LogP contribution in [0.3, 0.4) is 0 Å². The van der Waals surface area contributed by atoms with Gasteiger partial charge in [-0.3, -0.25) is 14.4 Å². The van der Waals surface area contributed by atoms with Crippen LogP contribution in [0.15, 0.2) is 24.3 Å². The van der Waals surface area contributed by atoms with Gasteiger partial charge in [-0.25, -0.2) is 0 Å². The fraction of sp³-hybridized carbons (Fsp3) is 0.571. The number of ketones is 1. The number of rotatable bonds is 12. The van der Waals surface area contributed by atoms with E-state index < -0.39 is 17.9 Å². The third-order valence-corrected chi connectivity index (χ3v) is 7.94. The second-order valence-corrected chi connectivity index (χ2v) is 10.3. The smallest absolute Gasteiger partial charge is 0.306 e. The quantitative estimate of drug-likeness (QED) is 0.336. The van der Waals surface area contributed by atoms with E-state index in [1.807, 2.05) is 21.6 Å². The molecule has 0 spiro atoms. The van der Waals surface area contributed by atoms with Crippen molar-refractivity contribution < 1.29 is 24.6 Å². The van der Waals surface area contributed by atoms with Crippen molar-refractivity contribution in [2.24, 2.45) is 5.92 Å². The molecule has 1 saturated heterocycles. The molecule has 1 aliphatic rings. The number of phenols is 1. The summed E-state index contributed by atoms with van der Waals surface area (Å²) in [6.45, 7) is 1.49. The molecule has 0 bridgehead atoms. The molecule has 2 rings (SSSR count). The number of unbranched alkanes of at least 4 members (excludes halogenated alkanes) is 1. The average molecular weight is 440 g/mol. The summed E-state index contributed by atoms with van der Waals surface area (Å²) in [5.41, 5.74) is 0.792. The standard InChI is InChI=1S/C21H29NO5S2/c1-14(21(26)27)12-19(24)18(13-15-6-8-16(23)9-7-15)22-20(25)5-3-2-4-17-10-11-28-29-17/h6-9,14,17-18,23H,2-5,10-13H2,1H3,(H,22,25)(H,26,27)/t14-,17-,18+/m1/s1. The highest BCUT2D eigenvalue weighted by atomic mass is 33.1. The van der Waals surface area contributed by atoms with E-state index in [2.05, 4.69) is 5.32 Å². The van der Waals surface area contributed by atoms with Gasteiger partial charge < -0.3 is 15.5 Å². The fourth-order valence-electron chi connectivity index (χ4n) is 3.13. The van der Waals surface area contributed by atoms with Crippen molar-refractivity contribution in [1.82, 2.24) is 5.32 Å². The number of carboxylic acids is 1. The lowest BCUT2D eigenvalue weighted by atomic mass is 9.95. The minimum Gasteiger partial charge on any atom is -0.508 e. The third-order valence-electron chi connectivity index (χ3n) is 4.94. The zero-order valence-electron chi connectivity index (χ0n) is 16.6. The van der Waals surface area contributed by atoms with Crippen molar-refractivity contribution >= 4 is 39.2 Å². The van der Waals surface area contributed by atoms with E-state index in [-0.39, 0.29) is 30.3 Å². The van der Waals surface area contributed by atoms with E-state index in [0.29, 0.717) is 11.7 Å². The number of carbonyl (C=O) groups is 3. The van der Waals surface area contributed by atoms with Crippen LogP contribution >= 0.6 is 21.6 Å². The van der Waals surface area contributed by atoms with Gasteiger partial charge in [-0.2, -0.15) is 0 Å². The minimum absolute atomic E-state index is 0.124. The highest BCUT2D eigenvalue weighted by Crippen LogP contribution is 2.39. The monoisotopic (exact) mass is 439 g/mol. The number of carbonyl (C=O) groups excluding carboxylic acids is 2. The molecule has 0 saturated carbocycles. The molecule has 1 heterocycles. The van der Waals surface area contributed by atoms with Gasteiger partial charge in [0.15, 0.2) is 5.78 Å². The first-order valence-corrected chi connectivity index (χ1v) is 12.3. The van der Waals surface area contributed by atoms with Crippen molar-refractivity contribution in [2.45, 2.75) is 63.2 Å². The molecule has 3 atom stereocenters. The lowest BCUT2D eigenvalue weighted by Gasteiger charge is -2.19. The topological polar surface area (TPSA) is 104 Å². The van der Waals surface area contributed by atoms with Crippen molar-refractivity contribution in [3.05, 3.63) is 29.8 Å². The van der Waals surface area contributed by atoms with Crippen LogP contribution in [0.25, 0.3) is 0 Å². The Morgan fingerprint density at radius 3 is 2.55 bits per heavy atom. The van der Waals surface area contributed by atoms with Gasteiger partial charge in [-0.15, -0.1) is 0 Å². The van der Waals surface area contributed by atoms with Crippen LogP contribution in [0.4, 0.5) is 0 Å². The van der Waals surface area contributed by atoms with Crippen molar-refractivity contribution in [3.63, 3.8) is 0 Å². The highest BCUT2D eigenvalue weighted by Gasteiger charge is 2.25. The summed E-state index contributed by atoms with van der Waals surface area (Å²) in [6.07, 6.45) is 4.60. The Morgan fingerprint density at radius 1 is 1.21 bits per heavy atom. The average Bonchev–Trinajstić information content (AvgIpc) is 3.19. The predicted molar refractivity (Wildman–Crippen MR) is 117 cm³/mol. The number of phenolic OH excluding ortho intramolecular Hbond substituents is 1. The summed E-state index contributed by atoms with van der Waals surface area (Å²) in [5, 5.41) is 22.0. The molecule has 1 aliphatic heterocycles. The van der Waals surface area contributed by atoms with Crippen LogP contribution in [-0.4, -0.2) is 44.9 Å². The number of nitrogens with one attached hydrogen (secondary N) is 1. The van der Waals surface area contributed by atoms with Gasteiger partial charge in [0.25, 0.3) is 0 Å². The molecule has 29 heavy (non-hydrogen) atoms. The summed E-state index contributed by atoms with van der Waals surface area (Å²) in [5.74, 6) is -0.983. The second-order valence-electron chi connectivity index (χ2n) is 7.48. The number of Topliss-reactive ketones (excluding diaryl/α,β-unsaturated/α-hetero) is 1. The van der Waals surface area contributed by atoms with E-state index in [4.69, 9.17) is 5.11 Å². The second kappa shape index (κ2) is 12.1. The van der Waals surface area contributed by atoms with E-state index in [9.17, 15) is 19.5 Å². The summed E-state index contributed by atoms with van der Waals surface area (Å²) in [6, 6.07) is 5.67. The van der Waals surface area contributed by atoms with Crippen LogP contribution in [0.5, 0.6) is 5.75 Å². The third kappa shape index (κ3) is 8.70. The van der Waals surface area contributed by atoms with E-state index in [0.717, 1.165) is 24.8 Å². The Hall–Kier alpha value is -1.67. The molecule has 8 heteroatoms. The highest BCUT2D eigenvalue weighted by molar-refractivity contribution is 8.77. The molecule has 1 fully saturated rings. The lowest BCUT2D eigenvalue weighted by Crippen LogP contribution is -2.43. The summed E-state index contributed by atoms with van der Waals surface area (Å²) in [7, 11) is 3.84. The van der Waals surface area contributed by atoms with Crippen molar-refractivity contribution in [3.8, 4) is 5.75 Å². The largest absolute Gasteiger partial charge is 0.508 e. The SMILES string of the molecule is C[C@H](CC(=O)[C@H](Cc1ccc(O)cc1)NC(=O)CCCC[C@@H]1CCSS1)C(=O)O. The molecular weight excluding hydrogens is 410 g/mol. The Morgan fingerprint density at radius 2 is 1.93 bits per heavy atom. The number of carboxylic acid groups (broad SMARTS) is 1. The van der Waals surface area contributed by atoms with Crippen molar-refractivity contribution in [2.75, 3.05) is 5.75 Å². The van der Waals surface area contributed by atoms with Crippen LogP contribution in [0.1, 0.15) is 51.0 Å². The summed E-state index contributed by atoms with van der Waals surface area (Å²) < 4.78 is 0. The van der Waals surface area contributed by atoms with Gasteiger partial charge in [-0.05, 0) is 43.4 Å². The molecule has 0 aromatic heterocycles. The van der Waals surface area contributed by atoms with Crippen molar-refractivity contribution in [1.29, 1.82) is 0 Å². The minimum atomic E-state index is -1.03. The van der Waals surface area contributed by atoms with Gasteiger partial charge >= 0.3 is 5.97 Å². The molecule has 0 radical (unpaired) electrons. The van der Waals surface area contributed by atoms with Gasteiger partial charge in [0.1, 0.15) is 5.75 Å².